The first-order valence-corrected chi connectivity index (χ1v) is 8.31. The zero-order valence-electron chi connectivity index (χ0n) is 14.2. The van der Waals surface area contributed by atoms with Crippen molar-refractivity contribution >= 4 is 11.8 Å². The summed E-state index contributed by atoms with van der Waals surface area (Å²) < 4.78 is 0. The summed E-state index contributed by atoms with van der Waals surface area (Å²) in [6, 6.07) is 20.0. The molecule has 2 aromatic carbocycles. The van der Waals surface area contributed by atoms with E-state index < -0.39 is 0 Å². The molecule has 0 aliphatic carbocycles. The fourth-order valence-corrected chi connectivity index (χ4v) is 2.43. The van der Waals surface area contributed by atoms with Crippen LogP contribution in [0, 0.1) is 0 Å². The lowest BCUT2D eigenvalue weighted by Crippen LogP contribution is -2.24. The third kappa shape index (κ3) is 4.77. The van der Waals surface area contributed by atoms with Crippen LogP contribution < -0.4 is 10.6 Å². The average Bonchev–Trinajstić information content (AvgIpc) is 2.72. The Morgan fingerprint density at radius 1 is 0.692 bits per heavy atom. The molecule has 0 atom stereocenters. The molecule has 0 aliphatic rings. The number of carbonyl (C=O) groups is 2. The van der Waals surface area contributed by atoms with Crippen molar-refractivity contribution in [2.75, 3.05) is 0 Å². The van der Waals surface area contributed by atoms with Crippen LogP contribution in [-0.4, -0.2) is 16.8 Å². The molecule has 3 aromatic rings. The van der Waals surface area contributed by atoms with Gasteiger partial charge in [-0.25, -0.2) is 0 Å². The Hall–Kier alpha value is -3.47. The number of aromatic nitrogens is 1. The van der Waals surface area contributed by atoms with Gasteiger partial charge in [0, 0.05) is 36.6 Å². The van der Waals surface area contributed by atoms with Crippen molar-refractivity contribution < 1.29 is 9.59 Å². The smallest absolute Gasteiger partial charge is 0.251 e. The van der Waals surface area contributed by atoms with Gasteiger partial charge < -0.3 is 10.6 Å². The molecule has 0 unspecified atom stereocenters. The number of nitrogens with one attached hydrogen (secondary N) is 2. The van der Waals surface area contributed by atoms with Gasteiger partial charge in [-0.2, -0.15) is 0 Å². The SMILES string of the molecule is O=C(NCc1ccc(C(=O)NCc2cccnc2)cc1)c1ccccc1. The van der Waals surface area contributed by atoms with Crippen LogP contribution in [0.4, 0.5) is 0 Å². The van der Waals surface area contributed by atoms with Crippen molar-refractivity contribution in [3.05, 3.63) is 101 Å². The van der Waals surface area contributed by atoms with Gasteiger partial charge in [0.15, 0.2) is 0 Å². The van der Waals surface area contributed by atoms with Gasteiger partial charge in [0.1, 0.15) is 0 Å². The van der Waals surface area contributed by atoms with Crippen LogP contribution in [0.3, 0.4) is 0 Å². The highest BCUT2D eigenvalue weighted by atomic mass is 16.2. The summed E-state index contributed by atoms with van der Waals surface area (Å²) in [5.74, 6) is -0.266. The lowest BCUT2D eigenvalue weighted by molar-refractivity contribution is 0.0941. The third-order valence-corrected chi connectivity index (χ3v) is 3.88. The highest BCUT2D eigenvalue weighted by Crippen LogP contribution is 2.06. The minimum Gasteiger partial charge on any atom is -0.348 e. The molecular formula is C21H19N3O2. The second kappa shape index (κ2) is 8.58. The zero-order chi connectivity index (χ0) is 18.2. The first kappa shape index (κ1) is 17.4. The van der Waals surface area contributed by atoms with Crippen molar-refractivity contribution in [2.24, 2.45) is 0 Å². The van der Waals surface area contributed by atoms with Crippen molar-refractivity contribution in [3.63, 3.8) is 0 Å². The minimum atomic E-state index is -0.145. The van der Waals surface area contributed by atoms with E-state index in [4.69, 9.17) is 0 Å². The highest BCUT2D eigenvalue weighted by Gasteiger charge is 2.07. The minimum absolute atomic E-state index is 0.121. The maximum atomic E-state index is 12.2. The third-order valence-electron chi connectivity index (χ3n) is 3.88. The molecule has 5 nitrogen and oxygen atoms in total. The molecule has 0 bridgehead atoms. The van der Waals surface area contributed by atoms with E-state index in [-0.39, 0.29) is 11.8 Å². The first-order chi connectivity index (χ1) is 12.7. The van der Waals surface area contributed by atoms with Crippen molar-refractivity contribution in [1.29, 1.82) is 0 Å². The Labute approximate surface area is 152 Å². The van der Waals surface area contributed by atoms with Crippen molar-refractivity contribution in [3.8, 4) is 0 Å². The Morgan fingerprint density at radius 2 is 1.31 bits per heavy atom. The number of carbonyl (C=O) groups excluding carboxylic acids is 2. The second-order valence-electron chi connectivity index (χ2n) is 5.79. The number of hydrogen-bond acceptors (Lipinski definition) is 3. The van der Waals surface area contributed by atoms with Crippen LogP contribution in [0.15, 0.2) is 79.1 Å². The summed E-state index contributed by atoms with van der Waals surface area (Å²) in [7, 11) is 0. The van der Waals surface area contributed by atoms with E-state index in [1.165, 1.54) is 0 Å². The fraction of sp³-hybridized carbons (Fsp3) is 0.0952. The number of benzene rings is 2. The summed E-state index contributed by atoms with van der Waals surface area (Å²) >= 11 is 0. The van der Waals surface area contributed by atoms with E-state index in [1.807, 2.05) is 42.5 Å². The zero-order valence-corrected chi connectivity index (χ0v) is 14.2. The van der Waals surface area contributed by atoms with Crippen LogP contribution >= 0.6 is 0 Å². The molecule has 3 rings (SSSR count). The van der Waals surface area contributed by atoms with Gasteiger partial charge in [0.25, 0.3) is 11.8 Å². The molecule has 1 aromatic heterocycles. The monoisotopic (exact) mass is 345 g/mol. The van der Waals surface area contributed by atoms with Crippen LogP contribution in [0.1, 0.15) is 31.8 Å². The molecule has 26 heavy (non-hydrogen) atoms. The molecule has 2 amide bonds. The summed E-state index contributed by atoms with van der Waals surface area (Å²) in [5, 5.41) is 5.72. The Balaban J connectivity index is 1.51. The lowest BCUT2D eigenvalue weighted by atomic mass is 10.1. The first-order valence-electron chi connectivity index (χ1n) is 8.31. The summed E-state index contributed by atoms with van der Waals surface area (Å²) in [4.78, 5) is 28.2. The predicted molar refractivity (Wildman–Crippen MR) is 99.5 cm³/mol. The average molecular weight is 345 g/mol. The van der Waals surface area contributed by atoms with Gasteiger partial charge in [-0.1, -0.05) is 36.4 Å². The molecule has 0 saturated carbocycles. The standard InChI is InChI=1S/C21H19N3O2/c25-20(18-6-2-1-3-7-18)23-14-16-8-10-19(11-9-16)21(26)24-15-17-5-4-12-22-13-17/h1-13H,14-15H2,(H,23,25)(H,24,26). The molecule has 0 aliphatic heterocycles. The largest absolute Gasteiger partial charge is 0.348 e. The molecule has 0 saturated heterocycles. The molecule has 0 fully saturated rings. The summed E-state index contributed by atoms with van der Waals surface area (Å²) in [5.41, 5.74) is 3.07. The van der Waals surface area contributed by atoms with E-state index in [0.29, 0.717) is 24.2 Å². The number of nitrogens with zero attached hydrogens (tertiary/aromatic N) is 1. The highest BCUT2D eigenvalue weighted by molar-refractivity contribution is 5.94. The number of hydrogen-bond donors (Lipinski definition) is 2. The summed E-state index contributed by atoms with van der Waals surface area (Å²) in [6.45, 7) is 0.840. The van der Waals surface area contributed by atoms with Gasteiger partial charge in [-0.05, 0) is 41.5 Å². The molecule has 5 heteroatoms. The predicted octanol–water partition coefficient (Wildman–Crippen LogP) is 2.94. The van der Waals surface area contributed by atoms with Gasteiger partial charge >= 0.3 is 0 Å². The van der Waals surface area contributed by atoms with Crippen molar-refractivity contribution in [1.82, 2.24) is 15.6 Å². The van der Waals surface area contributed by atoms with Crippen LogP contribution in [0.5, 0.6) is 0 Å². The lowest BCUT2D eigenvalue weighted by Gasteiger charge is -2.08. The Kier molecular flexibility index (Phi) is 5.72. The molecule has 130 valence electrons. The molecule has 1 heterocycles. The van der Waals surface area contributed by atoms with Crippen LogP contribution in [-0.2, 0) is 13.1 Å². The second-order valence-corrected chi connectivity index (χ2v) is 5.79. The van der Waals surface area contributed by atoms with Gasteiger partial charge in [0.2, 0.25) is 0 Å². The van der Waals surface area contributed by atoms with E-state index in [0.717, 1.165) is 11.1 Å². The molecule has 0 spiro atoms. The van der Waals surface area contributed by atoms with Gasteiger partial charge in [0.05, 0.1) is 0 Å². The van der Waals surface area contributed by atoms with Gasteiger partial charge in [-0.15, -0.1) is 0 Å². The molecular weight excluding hydrogens is 326 g/mol. The summed E-state index contributed by atoms with van der Waals surface area (Å²) in [6.07, 6.45) is 3.42. The number of amides is 2. The van der Waals surface area contributed by atoms with Crippen LogP contribution in [0.25, 0.3) is 0 Å². The van der Waals surface area contributed by atoms with E-state index >= 15 is 0 Å². The maximum Gasteiger partial charge on any atom is 0.251 e. The molecule has 2 N–H and O–H groups in total. The normalized spacial score (nSPS) is 10.2. The topological polar surface area (TPSA) is 71.1 Å². The maximum absolute atomic E-state index is 12.2. The van der Waals surface area contributed by atoms with Crippen molar-refractivity contribution in [2.45, 2.75) is 13.1 Å². The Morgan fingerprint density at radius 3 is 1.92 bits per heavy atom. The molecule has 0 radical (unpaired) electrons. The van der Waals surface area contributed by atoms with E-state index in [1.54, 1.807) is 36.7 Å². The quantitative estimate of drug-likeness (QED) is 0.721. The van der Waals surface area contributed by atoms with E-state index in [9.17, 15) is 9.59 Å². The fourth-order valence-electron chi connectivity index (χ4n) is 2.43. The van der Waals surface area contributed by atoms with Gasteiger partial charge in [-0.3, -0.25) is 14.6 Å². The number of pyridine rings is 1. The van der Waals surface area contributed by atoms with Crippen LogP contribution in [0.2, 0.25) is 0 Å². The van der Waals surface area contributed by atoms with E-state index in [2.05, 4.69) is 15.6 Å². The number of rotatable bonds is 6. The Bertz CT molecular complexity index is 863.